The minimum Gasteiger partial charge on any atom is -0.480 e. The van der Waals surface area contributed by atoms with E-state index >= 15 is 0 Å². The van der Waals surface area contributed by atoms with Crippen molar-refractivity contribution < 1.29 is 19.5 Å². The first-order chi connectivity index (χ1) is 8.06. The van der Waals surface area contributed by atoms with Gasteiger partial charge in [-0.25, -0.2) is 4.98 Å². The summed E-state index contributed by atoms with van der Waals surface area (Å²) in [5, 5.41) is 8.61. The topological polar surface area (TPSA) is 92.5 Å². The quantitative estimate of drug-likeness (QED) is 0.573. The summed E-state index contributed by atoms with van der Waals surface area (Å²) in [7, 11) is 0. The Bertz CT molecular complexity index is 532. The number of hydrogen-bond donors (Lipinski definition) is 1. The maximum Gasteiger partial charge on any atom is 0.323 e. The minimum absolute atomic E-state index is 0.00176. The second-order valence-corrected chi connectivity index (χ2v) is 3.47. The molecular formula is C10H9N3O4. The fourth-order valence-corrected chi connectivity index (χ4v) is 1.67. The predicted octanol–water partition coefficient (Wildman–Crippen LogP) is -0.250. The molecule has 1 aromatic rings. The van der Waals surface area contributed by atoms with E-state index in [0.717, 1.165) is 0 Å². The minimum atomic E-state index is -1.24. The molecule has 1 aliphatic rings. The lowest BCUT2D eigenvalue weighted by atomic mass is 10.3. The summed E-state index contributed by atoms with van der Waals surface area (Å²) >= 11 is 0. The summed E-state index contributed by atoms with van der Waals surface area (Å²) in [6.45, 7) is 3.20. The number of nitrogens with zero attached hydrogens (tertiary/aromatic N) is 3. The zero-order valence-electron chi connectivity index (χ0n) is 8.79. The van der Waals surface area contributed by atoms with Crippen LogP contribution in [0.15, 0.2) is 19.0 Å². The highest BCUT2D eigenvalue weighted by Crippen LogP contribution is 2.21. The molecule has 0 aromatic carbocycles. The summed E-state index contributed by atoms with van der Waals surface area (Å²) in [4.78, 5) is 38.6. The Labute approximate surface area is 96.0 Å². The monoisotopic (exact) mass is 235 g/mol. The van der Waals surface area contributed by atoms with Gasteiger partial charge in [0.05, 0.1) is 6.33 Å². The molecule has 1 aliphatic heterocycles. The van der Waals surface area contributed by atoms with Gasteiger partial charge in [-0.05, 0) is 0 Å². The lowest BCUT2D eigenvalue weighted by Crippen LogP contribution is -2.35. The molecule has 88 valence electrons. The van der Waals surface area contributed by atoms with Gasteiger partial charge in [-0.1, -0.05) is 6.08 Å². The van der Waals surface area contributed by atoms with Gasteiger partial charge in [-0.15, -0.1) is 6.58 Å². The van der Waals surface area contributed by atoms with Gasteiger partial charge in [-0.3, -0.25) is 19.3 Å². The molecule has 0 saturated carbocycles. The Morgan fingerprint density at radius 3 is 2.76 bits per heavy atom. The molecule has 0 spiro atoms. The van der Waals surface area contributed by atoms with Crippen LogP contribution in [-0.2, 0) is 11.3 Å². The molecule has 17 heavy (non-hydrogen) atoms. The van der Waals surface area contributed by atoms with E-state index in [2.05, 4.69) is 11.6 Å². The van der Waals surface area contributed by atoms with Crippen molar-refractivity contribution in [3.63, 3.8) is 0 Å². The van der Waals surface area contributed by atoms with Gasteiger partial charge < -0.3 is 9.67 Å². The number of carboxylic acid groups (broad SMARTS) is 1. The Morgan fingerprint density at radius 2 is 2.18 bits per heavy atom. The van der Waals surface area contributed by atoms with Crippen LogP contribution >= 0.6 is 0 Å². The van der Waals surface area contributed by atoms with Crippen LogP contribution in [0.25, 0.3) is 0 Å². The van der Waals surface area contributed by atoms with Crippen LogP contribution in [-0.4, -0.2) is 43.9 Å². The maximum absolute atomic E-state index is 11.8. The van der Waals surface area contributed by atoms with Crippen molar-refractivity contribution in [1.82, 2.24) is 14.5 Å². The number of imidazole rings is 1. The average molecular weight is 235 g/mol. The predicted molar refractivity (Wildman–Crippen MR) is 55.4 cm³/mol. The van der Waals surface area contributed by atoms with Crippen molar-refractivity contribution >= 4 is 17.8 Å². The third kappa shape index (κ3) is 1.61. The fraction of sp³-hybridized carbons (Fsp3) is 0.200. The van der Waals surface area contributed by atoms with Gasteiger partial charge in [0.25, 0.3) is 11.8 Å². The van der Waals surface area contributed by atoms with E-state index in [4.69, 9.17) is 5.11 Å². The number of aliphatic carboxylic acids is 1. The number of allylic oxidation sites excluding steroid dienone is 1. The highest BCUT2D eigenvalue weighted by molar-refractivity contribution is 6.20. The normalized spacial score (nSPS) is 14.0. The number of carbonyl (C=O) groups excluding carboxylic acids is 2. The summed E-state index contributed by atoms with van der Waals surface area (Å²) in [6, 6.07) is 0. The van der Waals surface area contributed by atoms with Gasteiger partial charge in [0.15, 0.2) is 5.69 Å². The van der Waals surface area contributed by atoms with Crippen LogP contribution in [0, 0.1) is 0 Å². The molecule has 0 bridgehead atoms. The molecule has 7 heteroatoms. The van der Waals surface area contributed by atoms with Crippen molar-refractivity contribution in [2.24, 2.45) is 0 Å². The van der Waals surface area contributed by atoms with Crippen LogP contribution in [0.4, 0.5) is 0 Å². The summed E-state index contributed by atoms with van der Waals surface area (Å²) in [5.74, 6) is -2.55. The molecule has 1 N–H and O–H groups in total. The second-order valence-electron chi connectivity index (χ2n) is 3.47. The van der Waals surface area contributed by atoms with E-state index in [1.165, 1.54) is 10.9 Å². The molecule has 0 aliphatic carbocycles. The van der Waals surface area contributed by atoms with Crippen LogP contribution < -0.4 is 0 Å². The van der Waals surface area contributed by atoms with Gasteiger partial charge in [0.1, 0.15) is 12.2 Å². The Balaban J connectivity index is 2.39. The van der Waals surface area contributed by atoms with Crippen molar-refractivity contribution in [3.8, 4) is 0 Å². The number of fused-ring (bicyclic) bond motifs is 1. The van der Waals surface area contributed by atoms with E-state index < -0.39 is 24.3 Å². The maximum atomic E-state index is 11.8. The van der Waals surface area contributed by atoms with Crippen molar-refractivity contribution in [2.75, 3.05) is 6.54 Å². The smallest absolute Gasteiger partial charge is 0.323 e. The van der Waals surface area contributed by atoms with E-state index in [9.17, 15) is 14.4 Å². The highest BCUT2D eigenvalue weighted by atomic mass is 16.4. The Morgan fingerprint density at radius 1 is 1.47 bits per heavy atom. The van der Waals surface area contributed by atoms with Gasteiger partial charge in [0, 0.05) is 6.54 Å². The van der Waals surface area contributed by atoms with Crippen LogP contribution in [0.1, 0.15) is 21.0 Å². The molecule has 0 atom stereocenters. The van der Waals surface area contributed by atoms with Crippen LogP contribution in [0.3, 0.4) is 0 Å². The lowest BCUT2D eigenvalue weighted by molar-refractivity contribution is -0.137. The molecule has 0 unspecified atom stereocenters. The van der Waals surface area contributed by atoms with Gasteiger partial charge >= 0.3 is 5.97 Å². The number of carboxylic acids is 1. The molecule has 2 heterocycles. The molecular weight excluding hydrogens is 226 g/mol. The van der Waals surface area contributed by atoms with Crippen LogP contribution in [0.5, 0.6) is 0 Å². The average Bonchev–Trinajstić information content (AvgIpc) is 2.76. The first kappa shape index (κ1) is 11.1. The largest absolute Gasteiger partial charge is 0.480 e. The van der Waals surface area contributed by atoms with Crippen molar-refractivity contribution in [2.45, 2.75) is 6.54 Å². The standard InChI is InChI=1S/C10H9N3O4/c1-2-3-12-5-11-7-8(12)10(17)13(9(7)16)4-6(14)15/h2,5H,1,3-4H2,(H,14,15). The Hall–Kier alpha value is -2.44. The van der Waals surface area contributed by atoms with Crippen LogP contribution in [0.2, 0.25) is 0 Å². The van der Waals surface area contributed by atoms with Crippen molar-refractivity contribution in [3.05, 3.63) is 30.4 Å². The number of amides is 2. The SMILES string of the molecule is C=CCn1cnc2c1C(=O)N(CC(=O)O)C2=O. The van der Waals surface area contributed by atoms with Gasteiger partial charge in [-0.2, -0.15) is 0 Å². The van der Waals surface area contributed by atoms with E-state index in [1.54, 1.807) is 6.08 Å². The number of aromatic nitrogens is 2. The lowest BCUT2D eigenvalue weighted by Gasteiger charge is -2.10. The summed E-state index contributed by atoms with van der Waals surface area (Å²) in [6.07, 6.45) is 2.92. The first-order valence-corrected chi connectivity index (χ1v) is 4.80. The second kappa shape index (κ2) is 3.85. The highest BCUT2D eigenvalue weighted by Gasteiger charge is 2.40. The summed E-state index contributed by atoms with van der Waals surface area (Å²) < 4.78 is 1.46. The van der Waals surface area contributed by atoms with Crippen molar-refractivity contribution in [1.29, 1.82) is 0 Å². The third-order valence-electron chi connectivity index (χ3n) is 2.35. The molecule has 2 rings (SSSR count). The molecule has 0 fully saturated rings. The van der Waals surface area contributed by atoms with E-state index in [0.29, 0.717) is 11.4 Å². The molecule has 0 radical (unpaired) electrons. The first-order valence-electron chi connectivity index (χ1n) is 4.80. The molecule has 7 nitrogen and oxygen atoms in total. The molecule has 2 amide bonds. The number of hydrogen-bond acceptors (Lipinski definition) is 4. The third-order valence-corrected chi connectivity index (χ3v) is 2.35. The zero-order valence-corrected chi connectivity index (χ0v) is 8.79. The van der Waals surface area contributed by atoms with E-state index in [1.807, 2.05) is 0 Å². The molecule has 1 aromatic heterocycles. The fourth-order valence-electron chi connectivity index (χ4n) is 1.67. The Kier molecular flexibility index (Phi) is 2.51. The van der Waals surface area contributed by atoms with Gasteiger partial charge in [0.2, 0.25) is 0 Å². The van der Waals surface area contributed by atoms with E-state index in [-0.39, 0.29) is 11.4 Å². The summed E-state index contributed by atoms with van der Waals surface area (Å²) in [5.41, 5.74) is 0.120. The number of carbonyl (C=O) groups is 3. The number of imide groups is 1. The number of rotatable bonds is 4. The zero-order chi connectivity index (χ0) is 12.6. The molecule has 0 saturated heterocycles.